The van der Waals surface area contributed by atoms with E-state index in [-0.39, 0.29) is 8.31 Å². The van der Waals surface area contributed by atoms with Crippen LogP contribution >= 0.6 is 7.37 Å². The van der Waals surface area contributed by atoms with Crippen LogP contribution in [0.15, 0.2) is 0 Å². The minimum absolute atomic E-state index is 0.123. The second-order valence-corrected chi connectivity index (χ2v) is 33.7. The van der Waals surface area contributed by atoms with Crippen molar-refractivity contribution in [2.75, 3.05) is 19.9 Å². The summed E-state index contributed by atoms with van der Waals surface area (Å²) < 4.78 is 17.2. The Kier molecular flexibility index (Phi) is 5.10. The Morgan fingerprint density at radius 3 is 2.35 bits per heavy atom. The van der Waals surface area contributed by atoms with Gasteiger partial charge in [-0.15, -0.1) is 0 Å². The Balaban J connectivity index is 2.67. The Morgan fingerprint density at radius 1 is 1.29 bits per heavy atom. The summed E-state index contributed by atoms with van der Waals surface area (Å²) in [5.41, 5.74) is 0. The lowest BCUT2D eigenvalue weighted by Crippen LogP contribution is -2.68. The Hall–Kier alpha value is 0.841. The molecule has 0 amide bonds. The quantitative estimate of drug-likeness (QED) is 0.579. The molecule has 6 heteroatoms. The zero-order valence-electron chi connectivity index (χ0n) is 12.3. The van der Waals surface area contributed by atoms with Crippen molar-refractivity contribution in [3.8, 4) is 0 Å². The van der Waals surface area contributed by atoms with E-state index in [0.29, 0.717) is 0 Å². The van der Waals surface area contributed by atoms with Crippen molar-refractivity contribution in [2.24, 2.45) is 0 Å². The van der Waals surface area contributed by atoms with Gasteiger partial charge in [-0.2, -0.15) is 0 Å². The highest BCUT2D eigenvalue weighted by Crippen LogP contribution is 2.41. The van der Waals surface area contributed by atoms with E-state index in [4.69, 9.17) is 4.52 Å². The summed E-state index contributed by atoms with van der Waals surface area (Å²) >= 11 is 0. The SMILES string of the molecule is C[Si]1CCC[Si](C)(C)[Si]1(C)CCOP(C)(C)=O. The minimum Gasteiger partial charge on any atom is -0.329 e. The van der Waals surface area contributed by atoms with E-state index in [1.165, 1.54) is 24.6 Å². The van der Waals surface area contributed by atoms with Crippen LogP contribution in [0.1, 0.15) is 6.42 Å². The van der Waals surface area contributed by atoms with Crippen LogP contribution in [0.5, 0.6) is 0 Å². The first-order valence-corrected chi connectivity index (χ1v) is 19.2. The van der Waals surface area contributed by atoms with Crippen LogP contribution in [0.3, 0.4) is 0 Å². The molecule has 0 spiro atoms. The Bertz CT molecular complexity index is 316. The Morgan fingerprint density at radius 2 is 1.88 bits per heavy atom. The van der Waals surface area contributed by atoms with Gasteiger partial charge in [0, 0.05) is 36.3 Å². The molecule has 2 nitrogen and oxygen atoms in total. The maximum Gasteiger partial charge on any atom is 0.197 e. The molecule has 1 aliphatic heterocycles. The topological polar surface area (TPSA) is 26.3 Å². The third kappa shape index (κ3) is 3.90. The maximum absolute atomic E-state index is 11.6. The molecule has 1 fully saturated rings. The molecule has 17 heavy (non-hydrogen) atoms. The molecule has 1 saturated heterocycles. The standard InChI is InChI=1S/C11H28O2PSi3/c1-14(2,12)13-8-11-17(6)15(3)9-7-10-16(17,4)5/h7-11H2,1-6H3. The zero-order chi connectivity index (χ0) is 13.3. The summed E-state index contributed by atoms with van der Waals surface area (Å²) in [6, 6.07) is 4.30. The number of hydrogen-bond acceptors (Lipinski definition) is 2. The molecule has 0 aromatic heterocycles. The molecule has 1 rings (SSSR count). The van der Waals surface area contributed by atoms with Crippen molar-refractivity contribution >= 4 is 30.4 Å². The van der Waals surface area contributed by atoms with Crippen LogP contribution < -0.4 is 0 Å². The fraction of sp³-hybridized carbons (Fsp3) is 1.00. The highest BCUT2D eigenvalue weighted by atomic mass is 31.2. The molecule has 0 aromatic carbocycles. The molecule has 0 aromatic rings. The van der Waals surface area contributed by atoms with Crippen molar-refractivity contribution in [3.63, 3.8) is 0 Å². The summed E-state index contributed by atoms with van der Waals surface area (Å²) in [5.74, 6) is 0. The highest BCUT2D eigenvalue weighted by molar-refractivity contribution is 7.64. The van der Waals surface area contributed by atoms with E-state index in [9.17, 15) is 4.57 Å². The molecule has 1 aliphatic rings. The molecule has 1 atom stereocenters. The lowest BCUT2D eigenvalue weighted by molar-refractivity contribution is 0.340. The number of hydrogen-bond donors (Lipinski definition) is 0. The van der Waals surface area contributed by atoms with Crippen LogP contribution in [0, 0.1) is 0 Å². The van der Waals surface area contributed by atoms with Crippen LogP contribution in [-0.2, 0) is 9.09 Å². The van der Waals surface area contributed by atoms with E-state index >= 15 is 0 Å². The summed E-state index contributed by atoms with van der Waals surface area (Å²) in [7, 11) is -4.46. The van der Waals surface area contributed by atoms with Crippen molar-refractivity contribution in [2.45, 2.75) is 50.7 Å². The van der Waals surface area contributed by atoms with Crippen LogP contribution in [0.25, 0.3) is 0 Å². The second kappa shape index (κ2) is 5.45. The van der Waals surface area contributed by atoms with Gasteiger partial charge >= 0.3 is 0 Å². The third-order valence-electron chi connectivity index (χ3n) is 4.79. The van der Waals surface area contributed by atoms with Crippen molar-refractivity contribution < 1.29 is 9.09 Å². The van der Waals surface area contributed by atoms with E-state index in [2.05, 4.69) is 26.2 Å². The van der Waals surface area contributed by atoms with Gasteiger partial charge in [-0.3, -0.25) is 4.57 Å². The van der Waals surface area contributed by atoms with E-state index in [1.54, 1.807) is 13.3 Å². The lowest BCUT2D eigenvalue weighted by atomic mass is 10.6. The average molecular weight is 308 g/mol. The summed E-state index contributed by atoms with van der Waals surface area (Å²) in [6.45, 7) is 14.6. The normalized spacial score (nSPS) is 30.5. The molecular formula is C11H28O2PSi3. The third-order valence-corrected chi connectivity index (χ3v) is 41.9. The molecule has 0 saturated carbocycles. The van der Waals surface area contributed by atoms with Gasteiger partial charge in [0.05, 0.1) is 6.61 Å². The van der Waals surface area contributed by atoms with Crippen molar-refractivity contribution in [1.82, 2.24) is 0 Å². The molecule has 0 aliphatic carbocycles. The van der Waals surface area contributed by atoms with Crippen molar-refractivity contribution in [1.29, 1.82) is 0 Å². The monoisotopic (exact) mass is 307 g/mol. The van der Waals surface area contributed by atoms with Gasteiger partial charge in [0.1, 0.15) is 0 Å². The molecule has 0 N–H and O–H groups in total. The number of rotatable bonds is 4. The smallest absolute Gasteiger partial charge is 0.197 e. The molecular weight excluding hydrogens is 279 g/mol. The average Bonchev–Trinajstić information content (AvgIpc) is 2.12. The molecule has 1 unspecified atom stereocenters. The van der Waals surface area contributed by atoms with Gasteiger partial charge in [0.25, 0.3) is 0 Å². The molecule has 1 radical (unpaired) electrons. The van der Waals surface area contributed by atoms with Crippen LogP contribution in [-0.4, -0.2) is 43.0 Å². The predicted molar refractivity (Wildman–Crippen MR) is 85.2 cm³/mol. The first kappa shape index (κ1) is 15.9. The van der Waals surface area contributed by atoms with Crippen molar-refractivity contribution in [3.05, 3.63) is 0 Å². The Labute approximate surface area is 110 Å². The predicted octanol–water partition coefficient (Wildman–Crippen LogP) is 4.01. The second-order valence-electron chi connectivity index (χ2n) is 6.69. The molecule has 0 bridgehead atoms. The van der Waals surface area contributed by atoms with Crippen LogP contribution in [0.2, 0.25) is 44.3 Å². The van der Waals surface area contributed by atoms with Gasteiger partial charge in [-0.05, 0) is 6.04 Å². The summed E-state index contributed by atoms with van der Waals surface area (Å²) in [5, 5.41) is 0. The lowest BCUT2D eigenvalue weighted by Gasteiger charge is -2.49. The van der Waals surface area contributed by atoms with Gasteiger partial charge < -0.3 is 4.52 Å². The summed E-state index contributed by atoms with van der Waals surface area (Å²) in [4.78, 5) is 0. The maximum atomic E-state index is 11.6. The zero-order valence-corrected chi connectivity index (χ0v) is 16.2. The van der Waals surface area contributed by atoms with Gasteiger partial charge in [0.15, 0.2) is 7.37 Å². The summed E-state index contributed by atoms with van der Waals surface area (Å²) in [6.07, 6.45) is 1.48. The highest BCUT2D eigenvalue weighted by Gasteiger charge is 2.50. The molecule has 1 heterocycles. The van der Waals surface area contributed by atoms with Crippen LogP contribution in [0.4, 0.5) is 0 Å². The largest absolute Gasteiger partial charge is 0.329 e. The van der Waals surface area contributed by atoms with Gasteiger partial charge in [0.2, 0.25) is 0 Å². The fourth-order valence-corrected chi connectivity index (χ4v) is 34.1. The first-order valence-electron chi connectivity index (χ1n) is 6.61. The fourth-order valence-electron chi connectivity index (χ4n) is 2.95. The minimum atomic E-state index is -2.28. The van der Waals surface area contributed by atoms with Gasteiger partial charge in [-0.1, -0.05) is 44.7 Å². The van der Waals surface area contributed by atoms with Gasteiger partial charge in [-0.25, -0.2) is 0 Å². The molecule has 101 valence electrons. The van der Waals surface area contributed by atoms with E-state index in [1.807, 2.05) is 0 Å². The van der Waals surface area contributed by atoms with E-state index in [0.717, 1.165) is 6.61 Å². The van der Waals surface area contributed by atoms with E-state index < -0.39 is 22.1 Å². The first-order chi connectivity index (χ1) is 7.58.